The molecule has 0 saturated heterocycles. The molecule has 116 valence electrons. The van der Waals surface area contributed by atoms with Crippen molar-refractivity contribution in [1.29, 1.82) is 0 Å². The molecule has 0 radical (unpaired) electrons. The number of nitrogens with zero attached hydrogens (tertiary/aromatic N) is 1. The average molecular weight is 368 g/mol. The van der Waals surface area contributed by atoms with Crippen LogP contribution in [0.2, 0.25) is 0 Å². The molecule has 0 aliphatic carbocycles. The Balaban J connectivity index is 0.00000176. The molecule has 0 aliphatic rings. The van der Waals surface area contributed by atoms with E-state index in [2.05, 4.69) is 4.98 Å². The first-order valence-corrected chi connectivity index (χ1v) is 6.81. The van der Waals surface area contributed by atoms with Crippen LogP contribution in [-0.2, 0) is 6.18 Å². The van der Waals surface area contributed by atoms with Crippen LogP contribution in [0.4, 0.5) is 13.2 Å². The molecule has 0 bridgehead atoms. The Labute approximate surface area is 137 Å². The van der Waals surface area contributed by atoms with E-state index in [-0.39, 0.29) is 27.5 Å². The molecule has 0 atom stereocenters. The van der Waals surface area contributed by atoms with Gasteiger partial charge in [-0.3, -0.25) is 9.78 Å². The highest BCUT2D eigenvalue weighted by molar-refractivity contribution is 7.22. The van der Waals surface area contributed by atoms with Gasteiger partial charge < -0.3 is 4.42 Å². The van der Waals surface area contributed by atoms with Crippen molar-refractivity contribution in [2.24, 2.45) is 0 Å². The average Bonchev–Trinajstić information content (AvgIpc) is 3.03. The zero-order valence-corrected chi connectivity index (χ0v) is 12.9. The molecule has 0 aliphatic heterocycles. The first-order valence-electron chi connectivity index (χ1n) is 5.61. The second kappa shape index (κ2) is 5.91. The Hall–Kier alpha value is -1.57. The number of furan rings is 1. The first-order chi connectivity index (χ1) is 9.88. The fraction of sp³-hybridized carbons (Fsp3) is 0.0769. The lowest BCUT2D eigenvalue weighted by Gasteiger charge is -2.05. The van der Waals surface area contributed by atoms with Gasteiger partial charge in [0.15, 0.2) is 0 Å². The zero-order chi connectivity index (χ0) is 15.2. The lowest BCUT2D eigenvalue weighted by molar-refractivity contribution is -0.137. The molecule has 3 aromatic rings. The highest BCUT2D eigenvalue weighted by Crippen LogP contribution is 2.40. The van der Waals surface area contributed by atoms with Crippen molar-refractivity contribution in [3.8, 4) is 11.3 Å². The molecule has 22 heavy (non-hydrogen) atoms. The van der Waals surface area contributed by atoms with E-state index in [1.165, 1.54) is 6.26 Å². The first kappa shape index (κ1) is 16.8. The number of fused-ring (bicyclic) bond motifs is 1. The molecule has 0 spiro atoms. The maximum absolute atomic E-state index is 12.7. The number of rotatable bonds is 2. The standard InChI is InChI=1S/C13H5ClF3NO2S.ClH/c14-12(19)11-9(7-2-1-3-20-7)10-8(21-11)4-6(5-18-10)13(15,16)17;/h1-5H;1H. The molecule has 0 aromatic carbocycles. The second-order valence-electron chi connectivity index (χ2n) is 4.13. The van der Waals surface area contributed by atoms with Gasteiger partial charge in [-0.1, -0.05) is 0 Å². The van der Waals surface area contributed by atoms with E-state index in [1.54, 1.807) is 12.1 Å². The van der Waals surface area contributed by atoms with Crippen molar-refractivity contribution in [2.45, 2.75) is 6.18 Å². The van der Waals surface area contributed by atoms with Crippen LogP contribution in [0.15, 0.2) is 35.1 Å². The Morgan fingerprint density at radius 1 is 1.36 bits per heavy atom. The van der Waals surface area contributed by atoms with Gasteiger partial charge in [-0.25, -0.2) is 0 Å². The van der Waals surface area contributed by atoms with E-state index in [0.29, 0.717) is 11.3 Å². The summed E-state index contributed by atoms with van der Waals surface area (Å²) in [5.74, 6) is 0.331. The van der Waals surface area contributed by atoms with Crippen molar-refractivity contribution in [3.05, 3.63) is 41.1 Å². The highest BCUT2D eigenvalue weighted by Gasteiger charge is 2.32. The van der Waals surface area contributed by atoms with Gasteiger partial charge in [0.2, 0.25) is 0 Å². The summed E-state index contributed by atoms with van der Waals surface area (Å²) >= 11 is 6.36. The number of alkyl halides is 3. The normalized spacial score (nSPS) is 11.5. The summed E-state index contributed by atoms with van der Waals surface area (Å²) in [4.78, 5) is 15.4. The van der Waals surface area contributed by atoms with E-state index in [0.717, 1.165) is 23.6 Å². The van der Waals surface area contributed by atoms with Crippen molar-refractivity contribution in [3.63, 3.8) is 0 Å². The predicted molar refractivity (Wildman–Crippen MR) is 79.8 cm³/mol. The van der Waals surface area contributed by atoms with Gasteiger partial charge in [0, 0.05) is 6.20 Å². The highest BCUT2D eigenvalue weighted by atomic mass is 35.5. The van der Waals surface area contributed by atoms with Crippen molar-refractivity contribution >= 4 is 50.8 Å². The zero-order valence-electron chi connectivity index (χ0n) is 10.5. The van der Waals surface area contributed by atoms with Crippen LogP contribution in [-0.4, -0.2) is 10.2 Å². The van der Waals surface area contributed by atoms with E-state index in [9.17, 15) is 18.0 Å². The lowest BCUT2D eigenvalue weighted by atomic mass is 10.1. The van der Waals surface area contributed by atoms with E-state index in [1.807, 2.05) is 0 Å². The fourth-order valence-electron chi connectivity index (χ4n) is 1.92. The van der Waals surface area contributed by atoms with Crippen molar-refractivity contribution < 1.29 is 22.4 Å². The van der Waals surface area contributed by atoms with Gasteiger partial charge in [0.25, 0.3) is 5.24 Å². The summed E-state index contributed by atoms with van der Waals surface area (Å²) in [5, 5.41) is -0.766. The molecule has 0 N–H and O–H groups in total. The largest absolute Gasteiger partial charge is 0.464 e. The quantitative estimate of drug-likeness (QED) is 0.571. The molecule has 0 unspecified atom stereocenters. The fourth-order valence-corrected chi connectivity index (χ4v) is 3.17. The molecule has 3 aromatic heterocycles. The molecule has 9 heteroatoms. The minimum Gasteiger partial charge on any atom is -0.464 e. The maximum atomic E-state index is 12.7. The van der Waals surface area contributed by atoms with Crippen molar-refractivity contribution in [2.75, 3.05) is 0 Å². The number of halogens is 5. The van der Waals surface area contributed by atoms with Crippen LogP contribution >= 0.6 is 35.3 Å². The third-order valence-electron chi connectivity index (χ3n) is 2.80. The minimum atomic E-state index is -4.50. The number of hydrogen-bond acceptors (Lipinski definition) is 4. The Morgan fingerprint density at radius 2 is 2.09 bits per heavy atom. The summed E-state index contributed by atoms with van der Waals surface area (Å²) in [6.45, 7) is 0. The van der Waals surface area contributed by atoms with E-state index in [4.69, 9.17) is 16.0 Å². The Kier molecular flexibility index (Phi) is 4.51. The molecule has 0 saturated carbocycles. The van der Waals surface area contributed by atoms with E-state index >= 15 is 0 Å². The number of carbonyl (C=O) groups is 1. The van der Waals surface area contributed by atoms with Gasteiger partial charge in [0.1, 0.15) is 10.6 Å². The third-order valence-corrected chi connectivity index (χ3v) is 4.23. The summed E-state index contributed by atoms with van der Waals surface area (Å²) in [5.41, 5.74) is -0.309. The van der Waals surface area contributed by atoms with Gasteiger partial charge in [-0.15, -0.1) is 23.7 Å². The summed E-state index contributed by atoms with van der Waals surface area (Å²) in [7, 11) is 0. The van der Waals surface area contributed by atoms with Gasteiger partial charge in [-0.05, 0) is 29.8 Å². The number of carbonyl (C=O) groups excluding carboxylic acids is 1. The molecule has 3 nitrogen and oxygen atoms in total. The summed E-state index contributed by atoms with van der Waals surface area (Å²) in [6, 6.07) is 4.14. The van der Waals surface area contributed by atoms with Crippen LogP contribution in [0.1, 0.15) is 15.2 Å². The smallest absolute Gasteiger partial charge is 0.417 e. The van der Waals surface area contributed by atoms with Gasteiger partial charge >= 0.3 is 6.18 Å². The van der Waals surface area contributed by atoms with Crippen LogP contribution in [0, 0.1) is 0 Å². The molecule has 0 amide bonds. The van der Waals surface area contributed by atoms with Crippen LogP contribution < -0.4 is 0 Å². The van der Waals surface area contributed by atoms with E-state index < -0.39 is 17.0 Å². The monoisotopic (exact) mass is 367 g/mol. The summed E-state index contributed by atoms with van der Waals surface area (Å²) in [6.07, 6.45) is -2.38. The minimum absolute atomic E-state index is 0. The number of pyridine rings is 1. The van der Waals surface area contributed by atoms with Crippen LogP contribution in [0.3, 0.4) is 0 Å². The molecule has 3 heterocycles. The summed E-state index contributed by atoms with van der Waals surface area (Å²) < 4.78 is 43.6. The second-order valence-corrected chi connectivity index (χ2v) is 5.52. The third kappa shape index (κ3) is 2.84. The molecular weight excluding hydrogens is 362 g/mol. The SMILES string of the molecule is Cl.O=C(Cl)c1sc2cc(C(F)(F)F)cnc2c1-c1ccco1. The van der Waals surface area contributed by atoms with Gasteiger partial charge in [-0.2, -0.15) is 13.2 Å². The topological polar surface area (TPSA) is 43.1 Å². The number of hydrogen-bond donors (Lipinski definition) is 0. The number of aromatic nitrogens is 1. The molecule has 3 rings (SSSR count). The van der Waals surface area contributed by atoms with Gasteiger partial charge in [0.05, 0.1) is 27.6 Å². The van der Waals surface area contributed by atoms with Crippen LogP contribution in [0.5, 0.6) is 0 Å². The number of thiophene rings is 1. The Morgan fingerprint density at radius 3 is 2.64 bits per heavy atom. The lowest BCUT2D eigenvalue weighted by Crippen LogP contribution is -2.04. The maximum Gasteiger partial charge on any atom is 0.417 e. The molecular formula is C13H6Cl2F3NO2S. The van der Waals surface area contributed by atoms with Crippen molar-refractivity contribution in [1.82, 2.24) is 4.98 Å². The molecule has 0 fully saturated rings. The predicted octanol–water partition coefficient (Wildman–Crippen LogP) is 5.38. The van der Waals surface area contributed by atoms with Crippen LogP contribution in [0.25, 0.3) is 21.5 Å². The Bertz CT molecular complexity index is 828.